The molecular weight excluding hydrogens is 459 g/mol. The van der Waals surface area contributed by atoms with Crippen LogP contribution in [0.2, 0.25) is 0 Å². The first-order valence-electron chi connectivity index (χ1n) is 12.5. The Labute approximate surface area is 214 Å². The van der Waals surface area contributed by atoms with Gasteiger partial charge in [0, 0.05) is 18.9 Å². The van der Waals surface area contributed by atoms with Crippen LogP contribution in [-0.2, 0) is 9.47 Å². The molecule has 2 aliphatic rings. The molecule has 0 bridgehead atoms. The number of amides is 2. The quantitative estimate of drug-likeness (QED) is 0.391. The van der Waals surface area contributed by atoms with Gasteiger partial charge in [0.2, 0.25) is 0 Å². The van der Waals surface area contributed by atoms with Gasteiger partial charge in [0.15, 0.2) is 0 Å². The molecule has 7 heteroatoms. The van der Waals surface area contributed by atoms with Gasteiger partial charge in [0.25, 0.3) is 0 Å². The molecule has 6 nitrogen and oxygen atoms in total. The molecule has 1 aromatic carbocycles. The molecule has 1 aliphatic heterocycles. The number of rotatable bonds is 8. The van der Waals surface area contributed by atoms with E-state index in [1.165, 1.54) is 11.6 Å². The van der Waals surface area contributed by atoms with E-state index in [1.54, 1.807) is 6.07 Å². The van der Waals surface area contributed by atoms with E-state index in [4.69, 9.17) is 9.47 Å². The Hall–Kier alpha value is -2.90. The van der Waals surface area contributed by atoms with Gasteiger partial charge in [-0.15, -0.1) is 0 Å². The molecule has 0 spiro atoms. The predicted molar refractivity (Wildman–Crippen MR) is 142 cm³/mol. The minimum absolute atomic E-state index is 0.0167. The van der Waals surface area contributed by atoms with Crippen LogP contribution in [0.4, 0.5) is 14.9 Å². The van der Waals surface area contributed by atoms with Gasteiger partial charge in [-0.25, -0.2) is 9.18 Å². The van der Waals surface area contributed by atoms with E-state index < -0.39 is 11.8 Å². The van der Waals surface area contributed by atoms with E-state index in [-0.39, 0.29) is 30.2 Å². The monoisotopic (exact) mass is 498 g/mol. The Morgan fingerprint density at radius 2 is 2.11 bits per heavy atom. The topological polar surface area (TPSA) is 79.8 Å². The number of carbonyl (C=O) groups excluding carboxylic acids is 1. The summed E-state index contributed by atoms with van der Waals surface area (Å²) in [7, 11) is 0. The average molecular weight is 499 g/mol. The summed E-state index contributed by atoms with van der Waals surface area (Å²) in [6.45, 7) is 14.3. The van der Waals surface area contributed by atoms with Gasteiger partial charge in [-0.2, -0.15) is 0 Å². The van der Waals surface area contributed by atoms with Crippen molar-refractivity contribution in [1.82, 2.24) is 5.32 Å². The van der Waals surface area contributed by atoms with Crippen molar-refractivity contribution in [2.24, 2.45) is 11.3 Å². The third-order valence-corrected chi connectivity index (χ3v) is 6.31. The smallest absolute Gasteiger partial charge is 0.319 e. The molecule has 1 unspecified atom stereocenters. The maximum absolute atomic E-state index is 14.9. The summed E-state index contributed by atoms with van der Waals surface area (Å²) in [5, 5.41) is 14.7. The maximum Gasteiger partial charge on any atom is 0.319 e. The third-order valence-electron chi connectivity index (χ3n) is 6.31. The van der Waals surface area contributed by atoms with Crippen molar-refractivity contribution in [3.8, 4) is 0 Å². The van der Waals surface area contributed by atoms with Crippen LogP contribution in [0, 0.1) is 24.1 Å². The molecule has 0 saturated heterocycles. The fourth-order valence-electron chi connectivity index (χ4n) is 4.33. The van der Waals surface area contributed by atoms with Crippen molar-refractivity contribution in [3.05, 3.63) is 70.8 Å². The number of aliphatic hydroxyl groups is 1. The second kappa shape index (κ2) is 12.4. The van der Waals surface area contributed by atoms with Gasteiger partial charge in [-0.1, -0.05) is 50.6 Å². The van der Waals surface area contributed by atoms with Gasteiger partial charge in [0.1, 0.15) is 18.2 Å². The summed E-state index contributed by atoms with van der Waals surface area (Å²) in [5.41, 5.74) is 4.80. The van der Waals surface area contributed by atoms with E-state index in [0.717, 1.165) is 35.1 Å². The highest BCUT2D eigenvalue weighted by Gasteiger charge is 2.24. The first kappa shape index (κ1) is 27.7. The van der Waals surface area contributed by atoms with Gasteiger partial charge < -0.3 is 25.2 Å². The summed E-state index contributed by atoms with van der Waals surface area (Å²) in [5.74, 6) is 0.177. The normalized spacial score (nSPS) is 18.6. The van der Waals surface area contributed by atoms with E-state index in [9.17, 15) is 14.3 Å². The molecule has 1 heterocycles. The molecule has 0 saturated carbocycles. The van der Waals surface area contributed by atoms with Crippen LogP contribution in [0.1, 0.15) is 51.2 Å². The van der Waals surface area contributed by atoms with Crippen molar-refractivity contribution in [2.75, 3.05) is 38.3 Å². The summed E-state index contributed by atoms with van der Waals surface area (Å²) >= 11 is 0. The molecule has 196 valence electrons. The van der Waals surface area contributed by atoms with Gasteiger partial charge in [0.05, 0.1) is 25.5 Å². The van der Waals surface area contributed by atoms with Crippen molar-refractivity contribution < 1.29 is 23.8 Å². The van der Waals surface area contributed by atoms with Crippen molar-refractivity contribution in [2.45, 2.75) is 47.0 Å². The predicted octanol–water partition coefficient (Wildman–Crippen LogP) is 5.89. The molecular formula is C29H39FN2O4. The standard InChI is InChI=1S/C29H39FN2O4/c1-19-14-23(36-13-10-33)16-22(17-24(19)21-6-11-35-12-7-21)25-18-27(26(30)15-20(25)2)32-28(34)31-9-8-29(3,4)5/h6,15-18,24,33H,1,7-14H2,2-5H3,(H2,31,32,34). The number of benzene rings is 1. The first-order chi connectivity index (χ1) is 17.1. The number of urea groups is 1. The zero-order chi connectivity index (χ0) is 26.3. The summed E-state index contributed by atoms with van der Waals surface area (Å²) in [6, 6.07) is 2.67. The van der Waals surface area contributed by atoms with Gasteiger partial charge in [-0.05, 0) is 60.1 Å². The van der Waals surface area contributed by atoms with Crippen molar-refractivity contribution in [1.29, 1.82) is 0 Å². The molecule has 1 aromatic rings. The maximum atomic E-state index is 14.9. The van der Waals surface area contributed by atoms with Gasteiger partial charge in [-0.3, -0.25) is 0 Å². The van der Waals surface area contributed by atoms with Crippen molar-refractivity contribution in [3.63, 3.8) is 0 Å². The molecule has 0 aromatic heterocycles. The number of hydrogen-bond donors (Lipinski definition) is 3. The molecule has 1 aliphatic carbocycles. The number of allylic oxidation sites excluding steroid dienone is 4. The van der Waals surface area contributed by atoms with Crippen LogP contribution < -0.4 is 10.6 Å². The summed E-state index contributed by atoms with van der Waals surface area (Å²) in [4.78, 5) is 12.5. The largest absolute Gasteiger partial charge is 0.495 e. The van der Waals surface area contributed by atoms with Crippen LogP contribution >= 0.6 is 0 Å². The molecule has 3 N–H and O–H groups in total. The summed E-state index contributed by atoms with van der Waals surface area (Å²) in [6.07, 6.45) is 8.30. The molecule has 2 amide bonds. The Kier molecular flexibility index (Phi) is 9.51. The Balaban J connectivity index is 1.93. The van der Waals surface area contributed by atoms with E-state index in [2.05, 4.69) is 50.1 Å². The Morgan fingerprint density at radius 3 is 2.78 bits per heavy atom. The highest BCUT2D eigenvalue weighted by molar-refractivity contribution is 5.91. The molecule has 0 fully saturated rings. The number of halogens is 1. The molecule has 3 rings (SSSR count). The van der Waals surface area contributed by atoms with E-state index >= 15 is 0 Å². The number of aliphatic hydroxyl groups excluding tert-OH is 1. The lowest BCUT2D eigenvalue weighted by Crippen LogP contribution is -2.31. The van der Waals surface area contributed by atoms with Crippen LogP contribution in [0.25, 0.3) is 5.57 Å². The van der Waals surface area contributed by atoms with E-state index in [1.807, 2.05) is 13.0 Å². The van der Waals surface area contributed by atoms with Crippen LogP contribution in [-0.4, -0.2) is 44.1 Å². The highest BCUT2D eigenvalue weighted by Crippen LogP contribution is 2.38. The average Bonchev–Trinajstić information content (AvgIpc) is 2.97. The fraction of sp³-hybridized carbons (Fsp3) is 0.483. The van der Waals surface area contributed by atoms with Crippen LogP contribution in [0.3, 0.4) is 0 Å². The van der Waals surface area contributed by atoms with Crippen LogP contribution in [0.15, 0.2) is 53.8 Å². The third kappa shape index (κ3) is 7.80. The van der Waals surface area contributed by atoms with Gasteiger partial charge >= 0.3 is 6.03 Å². The second-order valence-electron chi connectivity index (χ2n) is 10.6. The lowest BCUT2D eigenvalue weighted by molar-refractivity contribution is 0.141. The van der Waals surface area contributed by atoms with Crippen LogP contribution in [0.5, 0.6) is 0 Å². The summed E-state index contributed by atoms with van der Waals surface area (Å²) < 4.78 is 26.2. The zero-order valence-corrected chi connectivity index (χ0v) is 21.9. The second-order valence-corrected chi connectivity index (χ2v) is 10.6. The minimum Gasteiger partial charge on any atom is -0.495 e. The molecule has 1 atom stereocenters. The van der Waals surface area contributed by atoms with Crippen molar-refractivity contribution >= 4 is 17.3 Å². The SMILES string of the molecule is C=C1CC(OCCO)=CC(c2cc(NC(=O)NCCC(C)(C)C)c(F)cc2C)=CC1C1=CCOCC1. The number of ether oxygens (including phenoxy) is 2. The number of aryl methyl sites for hydroxylation is 1. The Morgan fingerprint density at radius 1 is 1.33 bits per heavy atom. The number of carbonyl (C=O) groups is 1. The molecule has 36 heavy (non-hydrogen) atoms. The minimum atomic E-state index is -0.495. The molecule has 0 radical (unpaired) electrons. The number of anilines is 1. The number of hydrogen-bond acceptors (Lipinski definition) is 4. The number of nitrogens with one attached hydrogen (secondary N) is 2. The van der Waals surface area contributed by atoms with E-state index in [0.29, 0.717) is 31.9 Å². The fourth-order valence-corrected chi connectivity index (χ4v) is 4.33. The highest BCUT2D eigenvalue weighted by atomic mass is 19.1. The zero-order valence-electron chi connectivity index (χ0n) is 21.9. The Bertz CT molecular complexity index is 1070. The lowest BCUT2D eigenvalue weighted by Gasteiger charge is -2.23. The first-order valence-corrected chi connectivity index (χ1v) is 12.5. The lowest BCUT2D eigenvalue weighted by atomic mass is 9.86.